The van der Waals surface area contributed by atoms with Crippen LogP contribution in [-0.4, -0.2) is 96.7 Å². The Balaban J connectivity index is 5.51. The number of phosphoric ester groups is 2. The average molecular weight is 1490 g/mol. The predicted octanol–water partition coefficient (Wildman–Crippen LogP) is 23.0. The van der Waals surface area contributed by atoms with E-state index in [0.29, 0.717) is 32.1 Å². The minimum atomic E-state index is -5.01. The van der Waals surface area contributed by atoms with Crippen LogP contribution in [0.1, 0.15) is 285 Å². The lowest BCUT2D eigenvalue weighted by Crippen LogP contribution is -2.30. The Bertz CT molecular complexity index is 2640. The molecule has 0 aromatic heterocycles. The van der Waals surface area contributed by atoms with Crippen LogP contribution in [-0.2, 0) is 65.4 Å². The van der Waals surface area contributed by atoms with Crippen molar-refractivity contribution in [2.75, 3.05) is 39.6 Å². The predicted molar refractivity (Wildman–Crippen MR) is 426 cm³/mol. The number of aliphatic hydroxyl groups is 1. The van der Waals surface area contributed by atoms with Crippen molar-refractivity contribution >= 4 is 39.5 Å². The number of ether oxygens (including phenoxy) is 4. The first-order valence-electron chi connectivity index (χ1n) is 39.4. The third kappa shape index (κ3) is 74.7. The highest BCUT2D eigenvalue weighted by Crippen LogP contribution is 2.45. The van der Waals surface area contributed by atoms with E-state index in [1.54, 1.807) is 6.08 Å². The number of aliphatic hydroxyl groups excluding tert-OH is 1. The van der Waals surface area contributed by atoms with Crippen LogP contribution in [0.15, 0.2) is 170 Å². The summed E-state index contributed by atoms with van der Waals surface area (Å²) in [6.07, 6.45) is 89.6. The van der Waals surface area contributed by atoms with Gasteiger partial charge in [0.05, 0.1) is 32.8 Å². The average Bonchev–Trinajstić information content (AvgIpc) is 0.918. The zero-order chi connectivity index (χ0) is 76.0. The van der Waals surface area contributed by atoms with E-state index >= 15 is 0 Å². The van der Waals surface area contributed by atoms with Crippen molar-refractivity contribution in [2.45, 2.75) is 303 Å². The number of carbonyl (C=O) groups is 4. The van der Waals surface area contributed by atoms with Crippen LogP contribution >= 0.6 is 15.6 Å². The quantitative estimate of drug-likeness (QED) is 0.0169. The van der Waals surface area contributed by atoms with Crippen molar-refractivity contribution in [3.8, 4) is 0 Å². The Hall–Kier alpha value is -5.58. The second kappa shape index (κ2) is 75.6. The smallest absolute Gasteiger partial charge is 0.462 e. The first-order valence-corrected chi connectivity index (χ1v) is 42.4. The van der Waals surface area contributed by atoms with Gasteiger partial charge >= 0.3 is 39.5 Å². The molecule has 0 saturated heterocycles. The van der Waals surface area contributed by atoms with E-state index in [2.05, 4.69) is 155 Å². The van der Waals surface area contributed by atoms with Crippen LogP contribution in [0.4, 0.5) is 0 Å². The summed E-state index contributed by atoms with van der Waals surface area (Å²) in [7, 11) is -10.0. The third-order valence-electron chi connectivity index (χ3n) is 15.7. The lowest BCUT2D eigenvalue weighted by Gasteiger charge is -2.21. The third-order valence-corrected chi connectivity index (χ3v) is 17.6. The van der Waals surface area contributed by atoms with E-state index in [4.69, 9.17) is 37.0 Å². The van der Waals surface area contributed by atoms with Crippen LogP contribution in [0.5, 0.6) is 0 Å². The first kappa shape index (κ1) is 98.4. The number of allylic oxidation sites excluding steroid dienone is 27. The number of unbranched alkanes of at least 4 members (excludes halogenated alkanes) is 19. The fraction of sp³-hybridized carbons (Fsp3) is 0.624. The highest BCUT2D eigenvalue weighted by Gasteiger charge is 2.30. The van der Waals surface area contributed by atoms with E-state index < -0.39 is 97.5 Å². The molecule has 0 bridgehead atoms. The maximum atomic E-state index is 13.1. The van der Waals surface area contributed by atoms with Crippen LogP contribution in [0, 0.1) is 0 Å². The molecule has 104 heavy (non-hydrogen) atoms. The standard InChI is InChI=1S/C85H138O17P2/c1-5-9-13-17-21-25-29-33-37-38-39-40-44-46-50-54-58-62-66-70-83(88)96-76-81(102-85(90)72-68-64-60-56-52-48-43-36-32-28-24-20-16-12-8-4)78-100-104(93,94)98-74-79(86)73-97-103(91,92)99-77-80(101-84(89)71-67-63-59-55-51-47-42-35-31-27-23-19-15-11-7-3)75-95-82(87)69-65-61-57-53-49-45-41-34-30-26-22-18-14-10-6-2/h9-10,12-14,16,21-22,24-26,28,33-34,36-37,39-41,43,46,49-50,53,58,61-62,65,79-81,86H,5-8,11,15,17-20,23,27,29-32,35,38,42,44-45,47-48,51-52,54-57,59-60,63-64,66-78H2,1-4H3,(H,91,92)(H,93,94)/b13-9-,14-10-,16-12-,25-21-,26-22-,28-24-,37-33-,40-39-,41-34-,43-36-,50-46-,53-49-,62-58-,65-61-. The number of phosphoric acid groups is 2. The van der Waals surface area contributed by atoms with Gasteiger partial charge in [0.2, 0.25) is 0 Å². The highest BCUT2D eigenvalue weighted by atomic mass is 31.2. The molecular formula is C85H138O17P2. The van der Waals surface area contributed by atoms with Gasteiger partial charge < -0.3 is 33.8 Å². The maximum Gasteiger partial charge on any atom is 0.472 e. The Morgan fingerprint density at radius 2 is 0.558 bits per heavy atom. The topological polar surface area (TPSA) is 237 Å². The van der Waals surface area contributed by atoms with Gasteiger partial charge in [-0.15, -0.1) is 0 Å². The summed E-state index contributed by atoms with van der Waals surface area (Å²) in [5.74, 6) is -2.45. The van der Waals surface area contributed by atoms with Crippen molar-refractivity contribution in [1.29, 1.82) is 0 Å². The molecule has 0 aliphatic carbocycles. The molecule has 590 valence electrons. The highest BCUT2D eigenvalue weighted by molar-refractivity contribution is 7.47. The molecule has 0 amide bonds. The normalized spacial score (nSPS) is 14.8. The SMILES string of the molecule is CC/C=C\C/C=C\C/C=C\C/C=C\C/C=C\C/C=C\CCC(=O)OCC(COP(=O)(O)OCC(O)COP(=O)(O)OCC(COC(=O)C/C=C\C/C=C\C/C=C\C/C=C\C/C=C\CC)OC(=O)CCCCCCCCCCCCCCCCC)OC(=O)CCCCCCC/C=C\C/C=C\C/C=C\CC. The van der Waals surface area contributed by atoms with Crippen molar-refractivity contribution in [3.63, 3.8) is 0 Å². The molecule has 0 aliphatic rings. The monoisotopic (exact) mass is 1490 g/mol. The zero-order valence-corrected chi connectivity index (χ0v) is 66.2. The molecule has 19 heteroatoms. The lowest BCUT2D eigenvalue weighted by atomic mass is 10.0. The minimum absolute atomic E-state index is 0.0247. The van der Waals surface area contributed by atoms with Crippen LogP contribution < -0.4 is 0 Å². The molecule has 0 aliphatic heterocycles. The zero-order valence-electron chi connectivity index (χ0n) is 64.4. The second-order valence-electron chi connectivity index (χ2n) is 25.5. The molecule has 0 spiro atoms. The summed E-state index contributed by atoms with van der Waals surface area (Å²) in [5, 5.41) is 10.6. The fourth-order valence-electron chi connectivity index (χ4n) is 9.86. The van der Waals surface area contributed by atoms with E-state index in [0.717, 1.165) is 135 Å². The molecule has 5 unspecified atom stereocenters. The van der Waals surface area contributed by atoms with E-state index in [9.17, 15) is 43.2 Å². The van der Waals surface area contributed by atoms with Gasteiger partial charge in [0.1, 0.15) is 19.3 Å². The van der Waals surface area contributed by atoms with Gasteiger partial charge in [0, 0.05) is 19.3 Å². The first-order chi connectivity index (χ1) is 50.7. The van der Waals surface area contributed by atoms with Crippen molar-refractivity contribution < 1.29 is 80.2 Å². The van der Waals surface area contributed by atoms with Gasteiger partial charge in [-0.05, 0) is 122 Å². The molecule has 0 fully saturated rings. The van der Waals surface area contributed by atoms with Gasteiger partial charge in [-0.2, -0.15) is 0 Å². The number of hydrogen-bond acceptors (Lipinski definition) is 15. The Kier molecular flexibility index (Phi) is 71.6. The molecule has 0 rings (SSSR count). The molecule has 17 nitrogen and oxygen atoms in total. The van der Waals surface area contributed by atoms with E-state index in [-0.39, 0.29) is 25.7 Å². The molecule has 0 aromatic carbocycles. The van der Waals surface area contributed by atoms with E-state index in [1.807, 2.05) is 36.5 Å². The number of carbonyl (C=O) groups excluding carboxylic acids is 4. The van der Waals surface area contributed by atoms with Crippen LogP contribution in [0.25, 0.3) is 0 Å². The molecule has 0 aromatic rings. The largest absolute Gasteiger partial charge is 0.472 e. The summed E-state index contributed by atoms with van der Waals surface area (Å²) in [6, 6.07) is 0. The van der Waals surface area contributed by atoms with Gasteiger partial charge in [-0.1, -0.05) is 307 Å². The van der Waals surface area contributed by atoms with Gasteiger partial charge in [-0.3, -0.25) is 37.3 Å². The number of hydrogen-bond donors (Lipinski definition) is 3. The van der Waals surface area contributed by atoms with Crippen LogP contribution in [0.3, 0.4) is 0 Å². The molecule has 5 atom stereocenters. The van der Waals surface area contributed by atoms with Crippen molar-refractivity contribution in [2.24, 2.45) is 0 Å². The summed E-state index contributed by atoms with van der Waals surface area (Å²) < 4.78 is 68.4. The van der Waals surface area contributed by atoms with Gasteiger partial charge in [0.15, 0.2) is 12.2 Å². The number of esters is 4. The van der Waals surface area contributed by atoms with Gasteiger partial charge in [0.25, 0.3) is 0 Å². The summed E-state index contributed by atoms with van der Waals surface area (Å²) in [6.45, 7) is 4.31. The Morgan fingerprint density at radius 1 is 0.288 bits per heavy atom. The summed E-state index contributed by atoms with van der Waals surface area (Å²) >= 11 is 0. The molecule has 3 N–H and O–H groups in total. The molecule has 0 heterocycles. The van der Waals surface area contributed by atoms with Crippen molar-refractivity contribution in [1.82, 2.24) is 0 Å². The van der Waals surface area contributed by atoms with E-state index in [1.165, 1.54) is 64.2 Å². The maximum absolute atomic E-state index is 13.1. The molecule has 0 saturated carbocycles. The fourth-order valence-corrected chi connectivity index (χ4v) is 11.4. The Morgan fingerprint density at radius 3 is 0.894 bits per heavy atom. The van der Waals surface area contributed by atoms with Crippen molar-refractivity contribution in [3.05, 3.63) is 170 Å². The molecule has 0 radical (unpaired) electrons. The van der Waals surface area contributed by atoms with Crippen LogP contribution in [0.2, 0.25) is 0 Å². The second-order valence-corrected chi connectivity index (χ2v) is 28.4. The lowest BCUT2D eigenvalue weighted by molar-refractivity contribution is -0.161. The summed E-state index contributed by atoms with van der Waals surface area (Å²) in [4.78, 5) is 72.9. The van der Waals surface area contributed by atoms with Gasteiger partial charge in [-0.25, -0.2) is 9.13 Å². The molecular weight excluding hydrogens is 1350 g/mol. The minimum Gasteiger partial charge on any atom is -0.462 e. The Labute approximate surface area is 629 Å². The number of rotatable bonds is 72. The summed E-state index contributed by atoms with van der Waals surface area (Å²) in [5.41, 5.74) is 0.